The number of rotatable bonds is 3. The van der Waals surface area contributed by atoms with Gasteiger partial charge in [0.2, 0.25) is 0 Å². The molecule has 0 fully saturated rings. The first-order chi connectivity index (χ1) is 12.3. The highest BCUT2D eigenvalue weighted by Crippen LogP contribution is 2.24. The number of aromatic nitrogens is 3. The van der Waals surface area contributed by atoms with Crippen molar-refractivity contribution in [2.24, 2.45) is 0 Å². The van der Waals surface area contributed by atoms with Gasteiger partial charge in [0.15, 0.2) is 5.78 Å². The summed E-state index contributed by atoms with van der Waals surface area (Å²) in [6.07, 6.45) is -3.55. The maximum atomic E-state index is 12.0. The lowest BCUT2D eigenvalue weighted by atomic mass is 10.0. The third kappa shape index (κ3) is 4.97. The Morgan fingerprint density at radius 3 is 2.00 bits per heavy atom. The van der Waals surface area contributed by atoms with Gasteiger partial charge in [0.05, 0.1) is 4.92 Å². The molecule has 0 radical (unpaired) electrons. The smallest absolute Gasteiger partial charge is 0.289 e. The molecule has 0 bridgehead atoms. The summed E-state index contributed by atoms with van der Waals surface area (Å²) in [7, 11) is 0. The number of nitro groups is 1. The number of ketones is 1. The fraction of sp³-hybridized carbons (Fsp3) is 0.0625. The second-order valence-corrected chi connectivity index (χ2v) is 4.82. The van der Waals surface area contributed by atoms with E-state index in [0.29, 0.717) is 11.1 Å². The summed E-state index contributed by atoms with van der Waals surface area (Å²) >= 11 is 0. The van der Waals surface area contributed by atoms with Gasteiger partial charge in [0.1, 0.15) is 6.33 Å². The molecule has 0 unspecified atom stereocenters. The molecule has 3 aromatic rings. The van der Waals surface area contributed by atoms with Crippen LogP contribution in [0.3, 0.4) is 0 Å². The Morgan fingerprint density at radius 2 is 1.58 bits per heavy atom. The first-order valence-corrected chi connectivity index (χ1v) is 7.06. The molecular weight excluding hydrogens is 353 g/mol. The summed E-state index contributed by atoms with van der Waals surface area (Å²) in [6.45, 7) is 0. The molecule has 0 saturated heterocycles. The average molecular weight is 364 g/mol. The molecular formula is C16H11F3N4O3. The van der Waals surface area contributed by atoms with Crippen molar-refractivity contribution in [1.82, 2.24) is 15.2 Å². The maximum Gasteiger partial charge on any atom is 0.453 e. The van der Waals surface area contributed by atoms with Gasteiger partial charge in [-0.25, -0.2) is 4.98 Å². The predicted octanol–water partition coefficient (Wildman–Crippen LogP) is 3.65. The lowest BCUT2D eigenvalue weighted by Crippen LogP contribution is -2.06. The van der Waals surface area contributed by atoms with Crippen LogP contribution in [0, 0.1) is 10.1 Å². The maximum absolute atomic E-state index is 12.0. The highest BCUT2D eigenvalue weighted by molar-refractivity contribution is 6.09. The van der Waals surface area contributed by atoms with E-state index in [4.69, 9.17) is 0 Å². The van der Waals surface area contributed by atoms with Gasteiger partial charge in [0.25, 0.3) is 11.5 Å². The minimum absolute atomic E-state index is 0.0189. The van der Waals surface area contributed by atoms with Crippen molar-refractivity contribution in [3.63, 3.8) is 0 Å². The highest BCUT2D eigenvalue weighted by atomic mass is 19.4. The van der Waals surface area contributed by atoms with Gasteiger partial charge in [-0.2, -0.15) is 13.2 Å². The van der Waals surface area contributed by atoms with E-state index in [0.717, 1.165) is 6.33 Å². The Kier molecular flexibility index (Phi) is 5.78. The van der Waals surface area contributed by atoms with E-state index < -0.39 is 16.9 Å². The van der Waals surface area contributed by atoms with Crippen molar-refractivity contribution >= 4 is 11.5 Å². The molecule has 7 nitrogen and oxygen atoms in total. The number of alkyl halides is 3. The minimum atomic E-state index is -4.43. The number of halogens is 3. The number of benzene rings is 2. The normalized spacial score (nSPS) is 10.6. The third-order valence-electron chi connectivity index (χ3n) is 3.04. The zero-order valence-corrected chi connectivity index (χ0v) is 13.0. The van der Waals surface area contributed by atoms with Crippen LogP contribution in [0.15, 0.2) is 60.9 Å². The largest absolute Gasteiger partial charge is 0.453 e. The number of nitro benzene ring substituents is 1. The Labute approximate surface area is 144 Å². The van der Waals surface area contributed by atoms with Crippen LogP contribution in [-0.4, -0.2) is 25.9 Å². The van der Waals surface area contributed by atoms with Crippen LogP contribution in [-0.2, 0) is 6.18 Å². The molecule has 134 valence electrons. The zero-order chi connectivity index (χ0) is 19.2. The fourth-order valence-corrected chi connectivity index (χ4v) is 1.84. The Morgan fingerprint density at radius 1 is 1.00 bits per heavy atom. The molecule has 10 heteroatoms. The number of hydrogen-bond acceptors (Lipinski definition) is 5. The van der Waals surface area contributed by atoms with Crippen LogP contribution in [0.4, 0.5) is 18.9 Å². The fourth-order valence-electron chi connectivity index (χ4n) is 1.84. The van der Waals surface area contributed by atoms with Gasteiger partial charge in [-0.1, -0.05) is 30.3 Å². The number of nitrogens with zero attached hydrogens (tertiary/aromatic N) is 3. The second-order valence-electron chi connectivity index (χ2n) is 4.82. The van der Waals surface area contributed by atoms with Crippen molar-refractivity contribution < 1.29 is 22.9 Å². The standard InChI is InChI=1S/C13H9NO3.C3H2F3N3/c15-13(10-4-2-1-3-5-10)11-6-8-12(9-7-11)14(16)17;4-3(5,6)2-7-1-8-9-2/h1-9H;1H,(H,7,8,9). The van der Waals surface area contributed by atoms with Crippen molar-refractivity contribution in [2.75, 3.05) is 0 Å². The summed E-state index contributed by atoms with van der Waals surface area (Å²) in [6, 6.07) is 14.4. The molecule has 0 aliphatic heterocycles. The van der Waals surface area contributed by atoms with Crippen molar-refractivity contribution in [1.29, 1.82) is 0 Å². The number of hydrogen-bond donors (Lipinski definition) is 1. The highest BCUT2D eigenvalue weighted by Gasteiger charge is 2.34. The van der Waals surface area contributed by atoms with Gasteiger partial charge in [-0.3, -0.25) is 20.0 Å². The number of non-ortho nitro benzene ring substituents is 1. The van der Waals surface area contributed by atoms with E-state index in [9.17, 15) is 28.1 Å². The molecule has 1 N–H and O–H groups in total. The summed E-state index contributed by atoms with van der Waals surface area (Å²) in [5.74, 6) is -1.28. The SMILES string of the molecule is FC(F)(F)c1nc[nH]n1.O=C(c1ccccc1)c1ccc([N+](=O)[O-])cc1. The molecule has 0 saturated carbocycles. The van der Waals surface area contributed by atoms with Crippen LogP contribution in [0.2, 0.25) is 0 Å². The van der Waals surface area contributed by atoms with Crippen LogP contribution in [0.1, 0.15) is 21.7 Å². The topological polar surface area (TPSA) is 102 Å². The van der Waals surface area contributed by atoms with Gasteiger partial charge in [0, 0.05) is 23.3 Å². The molecule has 0 aliphatic rings. The van der Waals surface area contributed by atoms with Crippen molar-refractivity contribution in [3.05, 3.63) is 88.0 Å². The molecule has 0 aliphatic carbocycles. The van der Waals surface area contributed by atoms with Gasteiger partial charge < -0.3 is 0 Å². The minimum Gasteiger partial charge on any atom is -0.289 e. The Balaban J connectivity index is 0.000000228. The Hall–Kier alpha value is -3.56. The molecule has 0 spiro atoms. The molecule has 1 heterocycles. The number of nitrogens with one attached hydrogen (secondary N) is 1. The van der Waals surface area contributed by atoms with E-state index >= 15 is 0 Å². The predicted molar refractivity (Wildman–Crippen MR) is 84.4 cm³/mol. The summed E-state index contributed by atoms with van der Waals surface area (Å²) in [5, 5.41) is 15.3. The van der Waals surface area contributed by atoms with Crippen LogP contribution >= 0.6 is 0 Å². The number of carbonyl (C=O) groups excluding carboxylic acids is 1. The molecule has 1 aromatic heterocycles. The molecule has 2 aromatic carbocycles. The van der Waals surface area contributed by atoms with Gasteiger partial charge in [-0.15, -0.1) is 5.10 Å². The van der Waals surface area contributed by atoms with Crippen LogP contribution < -0.4 is 0 Å². The first kappa shape index (κ1) is 18.8. The number of H-pyrrole nitrogens is 1. The lowest BCUT2D eigenvalue weighted by Gasteiger charge is -2.00. The average Bonchev–Trinajstić information content (AvgIpc) is 3.18. The summed E-state index contributed by atoms with van der Waals surface area (Å²) in [5.41, 5.74) is 0.998. The summed E-state index contributed by atoms with van der Waals surface area (Å²) < 4.78 is 34.4. The molecule has 26 heavy (non-hydrogen) atoms. The van der Waals surface area contributed by atoms with Crippen LogP contribution in [0.5, 0.6) is 0 Å². The quantitative estimate of drug-likeness (QED) is 0.434. The first-order valence-electron chi connectivity index (χ1n) is 7.06. The number of aromatic amines is 1. The van der Waals surface area contributed by atoms with E-state index in [-0.39, 0.29) is 11.5 Å². The lowest BCUT2D eigenvalue weighted by molar-refractivity contribution is -0.384. The van der Waals surface area contributed by atoms with Gasteiger partial charge in [-0.05, 0) is 12.1 Å². The van der Waals surface area contributed by atoms with Gasteiger partial charge >= 0.3 is 6.18 Å². The van der Waals surface area contributed by atoms with Crippen LogP contribution in [0.25, 0.3) is 0 Å². The van der Waals surface area contributed by atoms with E-state index in [2.05, 4.69) is 10.1 Å². The zero-order valence-electron chi connectivity index (χ0n) is 13.0. The van der Waals surface area contributed by atoms with E-state index in [1.807, 2.05) is 11.2 Å². The van der Waals surface area contributed by atoms with Crippen molar-refractivity contribution in [2.45, 2.75) is 6.18 Å². The van der Waals surface area contributed by atoms with E-state index in [1.165, 1.54) is 24.3 Å². The second kappa shape index (κ2) is 8.01. The number of carbonyl (C=O) groups is 1. The third-order valence-corrected chi connectivity index (χ3v) is 3.04. The summed E-state index contributed by atoms with van der Waals surface area (Å²) in [4.78, 5) is 24.8. The Bertz CT molecular complexity index is 864. The van der Waals surface area contributed by atoms with E-state index in [1.54, 1.807) is 24.3 Å². The molecule has 3 rings (SSSR count). The molecule has 0 amide bonds. The molecule has 0 atom stereocenters. The van der Waals surface area contributed by atoms with Crippen molar-refractivity contribution in [3.8, 4) is 0 Å². The monoisotopic (exact) mass is 364 g/mol.